The number of aromatic carboxylic acids is 1. The molecule has 2 N–H and O–H groups in total. The third-order valence-corrected chi connectivity index (χ3v) is 4.29. The number of anilines is 1. The van der Waals surface area contributed by atoms with Crippen LogP contribution < -0.4 is 5.32 Å². The lowest BCUT2D eigenvalue weighted by Crippen LogP contribution is -2.29. The van der Waals surface area contributed by atoms with Crippen molar-refractivity contribution in [1.82, 2.24) is 9.97 Å². The van der Waals surface area contributed by atoms with Gasteiger partial charge in [-0.05, 0) is 18.3 Å². The summed E-state index contributed by atoms with van der Waals surface area (Å²) in [6, 6.07) is 0. The predicted molar refractivity (Wildman–Crippen MR) is 82.8 cm³/mol. The van der Waals surface area contributed by atoms with E-state index in [9.17, 15) is 9.90 Å². The zero-order valence-electron chi connectivity index (χ0n) is 13.1. The lowest BCUT2D eigenvalue weighted by molar-refractivity contribution is 0.0691. The van der Waals surface area contributed by atoms with Crippen LogP contribution in [-0.4, -0.2) is 27.6 Å². The first-order chi connectivity index (χ1) is 9.91. The highest BCUT2D eigenvalue weighted by molar-refractivity contribution is 5.91. The molecule has 1 aromatic heterocycles. The van der Waals surface area contributed by atoms with E-state index < -0.39 is 5.97 Å². The Hall–Kier alpha value is -1.65. The van der Waals surface area contributed by atoms with E-state index in [4.69, 9.17) is 0 Å². The number of hydrogen-bond donors (Lipinski definition) is 2. The number of aromatic nitrogens is 2. The molecule has 5 nitrogen and oxygen atoms in total. The lowest BCUT2D eigenvalue weighted by Gasteiger charge is -2.34. The van der Waals surface area contributed by atoms with Gasteiger partial charge in [-0.2, -0.15) is 0 Å². The summed E-state index contributed by atoms with van der Waals surface area (Å²) in [5.41, 5.74) is 0.844. The highest BCUT2D eigenvalue weighted by atomic mass is 16.4. The smallest absolute Gasteiger partial charge is 0.356 e. The van der Waals surface area contributed by atoms with Crippen molar-refractivity contribution in [2.45, 2.75) is 58.8 Å². The summed E-state index contributed by atoms with van der Waals surface area (Å²) in [6.07, 6.45) is 7.81. The molecule has 0 radical (unpaired) electrons. The molecule has 2 rings (SSSR count). The van der Waals surface area contributed by atoms with Gasteiger partial charge in [-0.1, -0.05) is 40.0 Å². The Bertz CT molecular complexity index is 508. The monoisotopic (exact) mass is 291 g/mol. The number of nitrogens with zero attached hydrogens (tertiary/aromatic N) is 2. The van der Waals surface area contributed by atoms with E-state index in [2.05, 4.69) is 22.2 Å². The van der Waals surface area contributed by atoms with Gasteiger partial charge >= 0.3 is 5.97 Å². The van der Waals surface area contributed by atoms with Crippen molar-refractivity contribution in [1.29, 1.82) is 0 Å². The molecule has 0 aliphatic heterocycles. The molecule has 1 aliphatic rings. The fourth-order valence-electron chi connectivity index (χ4n) is 2.86. The Balaban J connectivity index is 2.13. The highest BCUT2D eigenvalue weighted by Gasteiger charge is 2.27. The number of carbonyl (C=O) groups is 1. The molecule has 0 unspecified atom stereocenters. The second-order valence-electron chi connectivity index (χ2n) is 6.68. The van der Waals surface area contributed by atoms with Crippen LogP contribution in [0.5, 0.6) is 0 Å². The zero-order chi connectivity index (χ0) is 15.5. The van der Waals surface area contributed by atoms with Gasteiger partial charge in [0.2, 0.25) is 0 Å². The third-order valence-electron chi connectivity index (χ3n) is 4.29. The van der Waals surface area contributed by atoms with E-state index in [1.54, 1.807) is 6.20 Å². The summed E-state index contributed by atoms with van der Waals surface area (Å²) in [7, 11) is 0. The van der Waals surface area contributed by atoms with Crippen molar-refractivity contribution < 1.29 is 9.90 Å². The van der Waals surface area contributed by atoms with Gasteiger partial charge in [0.05, 0.1) is 11.9 Å². The fourth-order valence-corrected chi connectivity index (χ4v) is 2.86. The van der Waals surface area contributed by atoms with Gasteiger partial charge in [-0.15, -0.1) is 0 Å². The summed E-state index contributed by atoms with van der Waals surface area (Å²) < 4.78 is 0. The molecular formula is C16H25N3O2. The summed E-state index contributed by atoms with van der Waals surface area (Å²) in [5.74, 6) is -0.314. The molecule has 21 heavy (non-hydrogen) atoms. The van der Waals surface area contributed by atoms with Gasteiger partial charge in [-0.25, -0.2) is 14.8 Å². The van der Waals surface area contributed by atoms with Crippen molar-refractivity contribution >= 4 is 11.7 Å². The molecule has 1 fully saturated rings. The molecule has 116 valence electrons. The Morgan fingerprint density at radius 3 is 2.62 bits per heavy atom. The van der Waals surface area contributed by atoms with Crippen LogP contribution in [0.1, 0.15) is 75.1 Å². The van der Waals surface area contributed by atoms with Crippen LogP contribution in [0.25, 0.3) is 0 Å². The minimum absolute atomic E-state index is 0.0770. The Morgan fingerprint density at radius 2 is 2.05 bits per heavy atom. The Morgan fingerprint density at radius 1 is 1.38 bits per heavy atom. The van der Waals surface area contributed by atoms with Crippen LogP contribution in [-0.2, 0) is 0 Å². The molecule has 1 heterocycles. The normalized spacial score (nSPS) is 17.7. The van der Waals surface area contributed by atoms with E-state index in [0.29, 0.717) is 11.5 Å². The van der Waals surface area contributed by atoms with E-state index in [0.717, 1.165) is 6.54 Å². The molecule has 0 spiro atoms. The number of carboxylic acid groups (broad SMARTS) is 1. The van der Waals surface area contributed by atoms with Crippen LogP contribution >= 0.6 is 0 Å². The molecular weight excluding hydrogens is 266 g/mol. The van der Waals surface area contributed by atoms with Crippen LogP contribution in [0.4, 0.5) is 5.69 Å². The number of carboxylic acids is 1. The molecule has 0 bridgehead atoms. The largest absolute Gasteiger partial charge is 0.476 e. The standard InChI is InChI=1S/C16H25N3O2/c1-11(2)14-17-9-12(13(19-14)15(20)21)18-10-16(3)7-5-4-6-8-16/h9,11,18H,4-8,10H2,1-3H3,(H,20,21). The number of hydrogen-bond acceptors (Lipinski definition) is 4. The molecule has 1 aliphatic carbocycles. The minimum Gasteiger partial charge on any atom is -0.476 e. The molecule has 0 amide bonds. The summed E-state index contributed by atoms with van der Waals surface area (Å²) in [6.45, 7) is 6.95. The van der Waals surface area contributed by atoms with Gasteiger partial charge in [0, 0.05) is 12.5 Å². The molecule has 0 saturated heterocycles. The maximum atomic E-state index is 11.4. The maximum absolute atomic E-state index is 11.4. The van der Waals surface area contributed by atoms with Gasteiger partial charge < -0.3 is 10.4 Å². The second kappa shape index (κ2) is 6.41. The van der Waals surface area contributed by atoms with Crippen LogP contribution in [0.15, 0.2) is 6.20 Å². The Kier molecular flexibility index (Phi) is 4.80. The topological polar surface area (TPSA) is 75.1 Å². The van der Waals surface area contributed by atoms with Gasteiger partial charge in [0.25, 0.3) is 0 Å². The minimum atomic E-state index is -1.00. The van der Waals surface area contributed by atoms with Crippen LogP contribution in [0.3, 0.4) is 0 Å². The molecule has 1 aromatic rings. The highest BCUT2D eigenvalue weighted by Crippen LogP contribution is 2.36. The number of nitrogens with one attached hydrogen (secondary N) is 1. The van der Waals surface area contributed by atoms with Crippen molar-refractivity contribution in [2.75, 3.05) is 11.9 Å². The lowest BCUT2D eigenvalue weighted by atomic mass is 9.76. The maximum Gasteiger partial charge on any atom is 0.356 e. The van der Waals surface area contributed by atoms with E-state index >= 15 is 0 Å². The Labute approximate surface area is 126 Å². The van der Waals surface area contributed by atoms with Crippen molar-refractivity contribution in [3.8, 4) is 0 Å². The average molecular weight is 291 g/mol. The van der Waals surface area contributed by atoms with Gasteiger partial charge in [-0.3, -0.25) is 0 Å². The molecule has 1 saturated carbocycles. The number of rotatable bonds is 5. The summed E-state index contributed by atoms with van der Waals surface area (Å²) in [5, 5.41) is 12.6. The molecule has 5 heteroatoms. The van der Waals surface area contributed by atoms with E-state index in [1.807, 2.05) is 13.8 Å². The second-order valence-corrected chi connectivity index (χ2v) is 6.68. The van der Waals surface area contributed by atoms with E-state index in [-0.39, 0.29) is 17.0 Å². The third kappa shape index (κ3) is 3.93. The van der Waals surface area contributed by atoms with Gasteiger partial charge in [0.1, 0.15) is 5.82 Å². The van der Waals surface area contributed by atoms with E-state index in [1.165, 1.54) is 32.1 Å². The predicted octanol–water partition coefficient (Wildman–Crippen LogP) is 3.68. The molecule has 0 aromatic carbocycles. The van der Waals surface area contributed by atoms with Crippen molar-refractivity contribution in [3.05, 3.63) is 17.7 Å². The first-order valence-corrected chi connectivity index (χ1v) is 7.75. The first-order valence-electron chi connectivity index (χ1n) is 7.75. The van der Waals surface area contributed by atoms with Crippen molar-refractivity contribution in [2.24, 2.45) is 5.41 Å². The van der Waals surface area contributed by atoms with Crippen LogP contribution in [0, 0.1) is 5.41 Å². The zero-order valence-corrected chi connectivity index (χ0v) is 13.1. The fraction of sp³-hybridized carbons (Fsp3) is 0.688. The summed E-state index contributed by atoms with van der Waals surface area (Å²) in [4.78, 5) is 19.9. The average Bonchev–Trinajstić information content (AvgIpc) is 2.45. The van der Waals surface area contributed by atoms with Crippen LogP contribution in [0.2, 0.25) is 0 Å². The SMILES string of the molecule is CC(C)c1ncc(NCC2(C)CCCCC2)c(C(=O)O)n1. The van der Waals surface area contributed by atoms with Gasteiger partial charge in [0.15, 0.2) is 5.69 Å². The van der Waals surface area contributed by atoms with Crippen molar-refractivity contribution in [3.63, 3.8) is 0 Å². The first kappa shape index (κ1) is 15.7. The quantitative estimate of drug-likeness (QED) is 0.865. The molecule has 0 atom stereocenters. The summed E-state index contributed by atoms with van der Waals surface area (Å²) >= 11 is 0.